The van der Waals surface area contributed by atoms with Gasteiger partial charge in [0.25, 0.3) is 10.0 Å². The van der Waals surface area contributed by atoms with Crippen molar-refractivity contribution in [3.63, 3.8) is 0 Å². The molecule has 0 aromatic heterocycles. The number of nitrogens with one attached hydrogen (secondary N) is 1. The monoisotopic (exact) mass is 581 g/mol. The average Bonchev–Trinajstić information content (AvgIpc) is 2.94. The number of methoxy groups -OCH3 is 2. The number of aryl methyl sites for hydroxylation is 3. The predicted molar refractivity (Wildman–Crippen MR) is 160 cm³/mol. The van der Waals surface area contributed by atoms with Crippen LogP contribution in [0.5, 0.6) is 11.5 Å². The van der Waals surface area contributed by atoms with Gasteiger partial charge >= 0.3 is 0 Å². The van der Waals surface area contributed by atoms with Crippen molar-refractivity contribution in [3.05, 3.63) is 82.9 Å². The maximum Gasteiger partial charge on any atom is 0.264 e. The number of nitrogens with zero attached hydrogens (tertiary/aromatic N) is 2. The van der Waals surface area contributed by atoms with Crippen molar-refractivity contribution >= 4 is 27.5 Å². The third-order valence-electron chi connectivity index (χ3n) is 6.84. The van der Waals surface area contributed by atoms with Gasteiger partial charge in [-0.25, -0.2) is 8.42 Å². The van der Waals surface area contributed by atoms with E-state index in [0.717, 1.165) is 26.6 Å². The van der Waals surface area contributed by atoms with Crippen LogP contribution >= 0.6 is 0 Å². The van der Waals surface area contributed by atoms with Crippen LogP contribution in [0.2, 0.25) is 0 Å². The Kier molecular flexibility index (Phi) is 10.4. The molecule has 0 aliphatic rings. The molecule has 0 aliphatic heterocycles. The number of rotatable bonds is 12. The highest BCUT2D eigenvalue weighted by molar-refractivity contribution is 7.92. The van der Waals surface area contributed by atoms with Crippen LogP contribution in [0, 0.1) is 20.8 Å². The van der Waals surface area contributed by atoms with Crippen LogP contribution in [0.1, 0.15) is 36.1 Å². The number of carbonyl (C=O) groups is 2. The molecular formula is C31H39N3O6S. The van der Waals surface area contributed by atoms with E-state index in [0.29, 0.717) is 18.0 Å². The van der Waals surface area contributed by atoms with Crippen LogP contribution in [-0.4, -0.2) is 58.5 Å². The molecule has 1 N–H and O–H groups in total. The molecular weight excluding hydrogens is 542 g/mol. The third-order valence-corrected chi connectivity index (χ3v) is 8.61. The third kappa shape index (κ3) is 7.38. The lowest BCUT2D eigenvalue weighted by Crippen LogP contribution is -2.51. The Morgan fingerprint density at radius 2 is 1.54 bits per heavy atom. The molecule has 0 radical (unpaired) electrons. The first-order valence-corrected chi connectivity index (χ1v) is 14.8. The zero-order chi connectivity index (χ0) is 30.3. The molecule has 9 nitrogen and oxygen atoms in total. The Morgan fingerprint density at radius 3 is 2.12 bits per heavy atom. The van der Waals surface area contributed by atoms with Gasteiger partial charge in [-0.2, -0.15) is 0 Å². The lowest BCUT2D eigenvalue weighted by atomic mass is 10.1. The maximum atomic E-state index is 14.2. The zero-order valence-corrected chi connectivity index (χ0v) is 25.5. The number of sulfonamides is 1. The van der Waals surface area contributed by atoms with E-state index in [-0.39, 0.29) is 23.1 Å². The molecule has 0 fully saturated rings. The van der Waals surface area contributed by atoms with Gasteiger partial charge in [-0.1, -0.05) is 30.3 Å². The minimum atomic E-state index is -4.26. The van der Waals surface area contributed by atoms with Gasteiger partial charge in [0.2, 0.25) is 11.8 Å². The Hall–Kier alpha value is -4.05. The van der Waals surface area contributed by atoms with Crippen LogP contribution < -0.4 is 19.1 Å². The SMILES string of the molecule is CCNC(=O)[C@@H](C)N(Cc1ccccc1C)C(=O)CN(c1cc(C)cc(C)c1)S(=O)(=O)c1ccc(OC)c(OC)c1. The van der Waals surface area contributed by atoms with E-state index in [4.69, 9.17) is 9.47 Å². The second-order valence-corrected chi connectivity index (χ2v) is 11.8. The highest BCUT2D eigenvalue weighted by atomic mass is 32.2. The number of benzene rings is 3. The van der Waals surface area contributed by atoms with Crippen LogP contribution in [-0.2, 0) is 26.2 Å². The van der Waals surface area contributed by atoms with Gasteiger partial charge in [0, 0.05) is 19.2 Å². The number of ether oxygens (including phenoxy) is 2. The van der Waals surface area contributed by atoms with Crippen molar-refractivity contribution in [3.8, 4) is 11.5 Å². The molecule has 3 aromatic carbocycles. The summed E-state index contributed by atoms with van der Waals surface area (Å²) in [6, 6.07) is 16.4. The maximum absolute atomic E-state index is 14.2. The number of amides is 2. The summed E-state index contributed by atoms with van der Waals surface area (Å²) in [5.41, 5.74) is 3.84. The van der Waals surface area contributed by atoms with Gasteiger partial charge in [0.05, 0.1) is 24.8 Å². The van der Waals surface area contributed by atoms with Crippen LogP contribution in [0.15, 0.2) is 65.6 Å². The topological polar surface area (TPSA) is 105 Å². The van der Waals surface area contributed by atoms with E-state index < -0.39 is 28.5 Å². The van der Waals surface area contributed by atoms with E-state index in [2.05, 4.69) is 5.32 Å². The van der Waals surface area contributed by atoms with Gasteiger partial charge < -0.3 is 19.7 Å². The summed E-state index contributed by atoms with van der Waals surface area (Å²) in [7, 11) is -1.38. The fraction of sp³-hybridized carbons (Fsp3) is 0.355. The summed E-state index contributed by atoms with van der Waals surface area (Å²) < 4.78 is 40.1. The minimum absolute atomic E-state index is 0.0654. The number of hydrogen-bond acceptors (Lipinski definition) is 6. The molecule has 0 aliphatic carbocycles. The quantitative estimate of drug-likeness (QED) is 0.341. The Labute approximate surface area is 243 Å². The fourth-order valence-corrected chi connectivity index (χ4v) is 6.02. The van der Waals surface area contributed by atoms with Gasteiger partial charge in [-0.15, -0.1) is 0 Å². The summed E-state index contributed by atoms with van der Waals surface area (Å²) >= 11 is 0. The Bertz CT molecular complexity index is 1490. The smallest absolute Gasteiger partial charge is 0.264 e. The van der Waals surface area contributed by atoms with E-state index in [9.17, 15) is 18.0 Å². The summed E-state index contributed by atoms with van der Waals surface area (Å²) in [4.78, 5) is 28.3. The molecule has 0 saturated heterocycles. The van der Waals surface area contributed by atoms with Crippen molar-refractivity contribution in [1.29, 1.82) is 0 Å². The van der Waals surface area contributed by atoms with Crippen molar-refractivity contribution in [1.82, 2.24) is 10.2 Å². The molecule has 3 rings (SSSR count). The summed E-state index contributed by atoms with van der Waals surface area (Å²) in [6.07, 6.45) is 0. The Balaban J connectivity index is 2.12. The molecule has 0 heterocycles. The van der Waals surface area contributed by atoms with E-state index in [1.165, 1.54) is 37.3 Å². The van der Waals surface area contributed by atoms with E-state index in [1.807, 2.05) is 51.1 Å². The highest BCUT2D eigenvalue weighted by Crippen LogP contribution is 2.33. The molecule has 220 valence electrons. The predicted octanol–water partition coefficient (Wildman–Crippen LogP) is 4.38. The van der Waals surface area contributed by atoms with Crippen molar-refractivity contribution in [2.45, 2.75) is 52.1 Å². The number of likely N-dealkylation sites (N-methyl/N-ethyl adjacent to an activating group) is 1. The van der Waals surface area contributed by atoms with Gasteiger partial charge in [0.1, 0.15) is 12.6 Å². The molecule has 0 saturated carbocycles. The van der Waals surface area contributed by atoms with E-state index in [1.54, 1.807) is 26.0 Å². The second-order valence-electron chi connectivity index (χ2n) is 9.89. The van der Waals surface area contributed by atoms with Crippen LogP contribution in [0.3, 0.4) is 0 Å². The number of carbonyl (C=O) groups excluding carboxylic acids is 2. The van der Waals surface area contributed by atoms with E-state index >= 15 is 0 Å². The van der Waals surface area contributed by atoms with Crippen molar-refractivity contribution < 1.29 is 27.5 Å². The lowest BCUT2D eigenvalue weighted by Gasteiger charge is -2.32. The Morgan fingerprint density at radius 1 is 0.902 bits per heavy atom. The summed E-state index contributed by atoms with van der Waals surface area (Å²) in [5.74, 6) is -0.225. The van der Waals surface area contributed by atoms with Crippen LogP contribution in [0.25, 0.3) is 0 Å². The molecule has 10 heteroatoms. The number of hydrogen-bond donors (Lipinski definition) is 1. The van der Waals surface area contributed by atoms with Gasteiger partial charge in [0.15, 0.2) is 11.5 Å². The first-order chi connectivity index (χ1) is 19.4. The first-order valence-electron chi connectivity index (χ1n) is 13.4. The normalized spacial score (nSPS) is 11.9. The largest absolute Gasteiger partial charge is 0.493 e. The first kappa shape index (κ1) is 31.5. The number of anilines is 1. The second kappa shape index (κ2) is 13.5. The molecule has 2 amide bonds. The lowest BCUT2D eigenvalue weighted by molar-refractivity contribution is -0.139. The molecule has 1 atom stereocenters. The standard InChI is InChI=1S/C31H39N3O6S/c1-8-32-31(36)24(5)33(19-25-12-10-9-11-23(25)4)30(35)20-34(26-16-21(2)15-22(3)17-26)41(37,38)27-13-14-28(39-6)29(18-27)40-7/h9-18,24H,8,19-20H2,1-7H3,(H,32,36)/t24-/m1/s1. The molecule has 3 aromatic rings. The molecule has 0 unspecified atom stereocenters. The molecule has 0 spiro atoms. The zero-order valence-electron chi connectivity index (χ0n) is 24.7. The van der Waals surface area contributed by atoms with Gasteiger partial charge in [-0.3, -0.25) is 13.9 Å². The minimum Gasteiger partial charge on any atom is -0.493 e. The summed E-state index contributed by atoms with van der Waals surface area (Å²) in [6.45, 7) is 9.12. The fourth-order valence-electron chi connectivity index (χ4n) is 4.60. The molecule has 41 heavy (non-hydrogen) atoms. The highest BCUT2D eigenvalue weighted by Gasteiger charge is 2.33. The summed E-state index contributed by atoms with van der Waals surface area (Å²) in [5, 5.41) is 2.77. The molecule has 0 bridgehead atoms. The van der Waals surface area contributed by atoms with Crippen molar-refractivity contribution in [2.24, 2.45) is 0 Å². The van der Waals surface area contributed by atoms with Gasteiger partial charge in [-0.05, 0) is 81.1 Å². The van der Waals surface area contributed by atoms with Crippen molar-refractivity contribution in [2.75, 3.05) is 31.6 Å². The van der Waals surface area contributed by atoms with Crippen LogP contribution in [0.4, 0.5) is 5.69 Å². The average molecular weight is 582 g/mol.